The number of hydrogen-bond donors (Lipinski definition) is 1. The summed E-state index contributed by atoms with van der Waals surface area (Å²) in [5, 5.41) is 2.45. The van der Waals surface area contributed by atoms with Crippen LogP contribution in [0, 0.1) is 0 Å². The lowest BCUT2D eigenvalue weighted by molar-refractivity contribution is -0.113. The summed E-state index contributed by atoms with van der Waals surface area (Å²) in [5.74, 6) is -3.39. The van der Waals surface area contributed by atoms with Crippen molar-refractivity contribution in [2.45, 2.75) is 12.8 Å². The van der Waals surface area contributed by atoms with Gasteiger partial charge in [0.1, 0.15) is 5.88 Å². The van der Waals surface area contributed by atoms with E-state index < -0.39 is 5.92 Å². The summed E-state index contributed by atoms with van der Waals surface area (Å²) in [6, 6.07) is 5.36. The van der Waals surface area contributed by atoms with Crippen molar-refractivity contribution in [3.63, 3.8) is 0 Å². The van der Waals surface area contributed by atoms with Gasteiger partial charge in [0.2, 0.25) is 5.91 Å². The first-order valence-corrected chi connectivity index (χ1v) is 4.81. The van der Waals surface area contributed by atoms with Gasteiger partial charge in [-0.25, -0.2) is 8.78 Å². The second-order valence-corrected chi connectivity index (χ2v) is 3.41. The smallest absolute Gasteiger partial charge is 0.270 e. The minimum Gasteiger partial charge on any atom is -0.325 e. The summed E-state index contributed by atoms with van der Waals surface area (Å²) in [6.07, 6.45) is 0. The molecule has 0 saturated carbocycles. The van der Waals surface area contributed by atoms with Crippen LogP contribution in [0.1, 0.15) is 12.5 Å². The third-order valence-corrected chi connectivity index (χ3v) is 2.04. The Kier molecular flexibility index (Phi) is 3.63. The van der Waals surface area contributed by atoms with Crippen molar-refractivity contribution in [3.8, 4) is 0 Å². The van der Waals surface area contributed by atoms with Gasteiger partial charge in [0, 0.05) is 18.2 Å². The van der Waals surface area contributed by atoms with Crippen molar-refractivity contribution >= 4 is 23.2 Å². The number of hydrogen-bond acceptors (Lipinski definition) is 1. The number of carbonyl (C=O) groups excluding carboxylic acids is 1. The zero-order valence-electron chi connectivity index (χ0n) is 8.06. The molecule has 0 aliphatic rings. The standard InChI is InChI=1S/C10H10ClF2NO/c1-10(12,13)7-2-4-8(5-3-7)14-9(15)6-11/h2-5H,6H2,1H3,(H,14,15). The number of halogens is 3. The van der Waals surface area contributed by atoms with Crippen molar-refractivity contribution in [2.75, 3.05) is 11.2 Å². The average Bonchev–Trinajstić information content (AvgIpc) is 2.17. The van der Waals surface area contributed by atoms with Crippen LogP contribution < -0.4 is 5.32 Å². The van der Waals surface area contributed by atoms with E-state index in [0.29, 0.717) is 5.69 Å². The van der Waals surface area contributed by atoms with Crippen LogP contribution in [0.4, 0.5) is 14.5 Å². The van der Waals surface area contributed by atoms with Crippen LogP contribution in [0.15, 0.2) is 24.3 Å². The molecular weight excluding hydrogens is 224 g/mol. The number of alkyl halides is 3. The molecule has 0 heterocycles. The van der Waals surface area contributed by atoms with E-state index in [1.54, 1.807) is 0 Å². The zero-order valence-corrected chi connectivity index (χ0v) is 8.81. The van der Waals surface area contributed by atoms with E-state index in [-0.39, 0.29) is 17.4 Å². The van der Waals surface area contributed by atoms with E-state index in [0.717, 1.165) is 6.92 Å². The summed E-state index contributed by atoms with van der Waals surface area (Å²) >= 11 is 5.27. The number of carbonyl (C=O) groups is 1. The Morgan fingerprint density at radius 3 is 2.33 bits per heavy atom. The average molecular weight is 234 g/mol. The summed E-state index contributed by atoms with van der Waals surface area (Å²) in [4.78, 5) is 10.9. The molecule has 0 fully saturated rings. The first kappa shape index (κ1) is 11.9. The first-order valence-electron chi connectivity index (χ1n) is 4.27. The fourth-order valence-electron chi connectivity index (χ4n) is 1.04. The molecule has 0 aliphatic heterocycles. The van der Waals surface area contributed by atoms with Gasteiger partial charge in [-0.1, -0.05) is 12.1 Å². The van der Waals surface area contributed by atoms with Gasteiger partial charge in [-0.3, -0.25) is 4.79 Å². The quantitative estimate of drug-likeness (QED) is 0.799. The van der Waals surface area contributed by atoms with Crippen molar-refractivity contribution in [1.82, 2.24) is 0 Å². The molecule has 0 unspecified atom stereocenters. The van der Waals surface area contributed by atoms with Crippen LogP contribution >= 0.6 is 11.6 Å². The normalized spacial score (nSPS) is 11.2. The lowest BCUT2D eigenvalue weighted by Crippen LogP contribution is -2.13. The predicted molar refractivity (Wildman–Crippen MR) is 55.4 cm³/mol. The molecule has 0 saturated heterocycles. The lowest BCUT2D eigenvalue weighted by Gasteiger charge is -2.11. The fourth-order valence-corrected chi connectivity index (χ4v) is 1.11. The molecule has 0 aliphatic carbocycles. The molecule has 1 rings (SSSR count). The molecule has 0 bridgehead atoms. The first-order chi connectivity index (χ1) is 6.93. The van der Waals surface area contributed by atoms with E-state index in [4.69, 9.17) is 11.6 Å². The SMILES string of the molecule is CC(F)(F)c1ccc(NC(=O)CCl)cc1. The maximum atomic E-state index is 12.8. The van der Waals surface area contributed by atoms with Crippen molar-refractivity contribution in [2.24, 2.45) is 0 Å². The molecule has 15 heavy (non-hydrogen) atoms. The van der Waals surface area contributed by atoms with Crippen LogP contribution in [0.25, 0.3) is 0 Å². The van der Waals surface area contributed by atoms with Gasteiger partial charge in [0.25, 0.3) is 5.92 Å². The van der Waals surface area contributed by atoms with Gasteiger partial charge in [0.15, 0.2) is 0 Å². The Balaban J connectivity index is 2.77. The molecule has 1 amide bonds. The molecule has 82 valence electrons. The minimum atomic E-state index is -2.87. The highest BCUT2D eigenvalue weighted by molar-refractivity contribution is 6.29. The van der Waals surface area contributed by atoms with Crippen LogP contribution in [0.3, 0.4) is 0 Å². The zero-order chi connectivity index (χ0) is 11.5. The van der Waals surface area contributed by atoms with Crippen molar-refractivity contribution in [1.29, 1.82) is 0 Å². The number of benzene rings is 1. The van der Waals surface area contributed by atoms with Gasteiger partial charge >= 0.3 is 0 Å². The van der Waals surface area contributed by atoms with E-state index in [9.17, 15) is 13.6 Å². The molecule has 5 heteroatoms. The third kappa shape index (κ3) is 3.47. The fraction of sp³-hybridized carbons (Fsp3) is 0.300. The van der Waals surface area contributed by atoms with Crippen LogP contribution in [0.2, 0.25) is 0 Å². The molecule has 1 aromatic carbocycles. The van der Waals surface area contributed by atoms with Gasteiger partial charge in [0.05, 0.1) is 0 Å². The molecule has 1 N–H and O–H groups in total. The highest BCUT2D eigenvalue weighted by Crippen LogP contribution is 2.27. The molecule has 0 aromatic heterocycles. The molecule has 0 radical (unpaired) electrons. The largest absolute Gasteiger partial charge is 0.325 e. The number of nitrogens with one attached hydrogen (secondary N) is 1. The molecule has 0 atom stereocenters. The Morgan fingerprint density at radius 2 is 1.93 bits per heavy atom. The summed E-state index contributed by atoms with van der Waals surface area (Å²) in [5.41, 5.74) is 0.361. The molecular formula is C10H10ClF2NO. The van der Waals surface area contributed by atoms with E-state index >= 15 is 0 Å². The van der Waals surface area contributed by atoms with E-state index in [1.165, 1.54) is 24.3 Å². The van der Waals surface area contributed by atoms with Gasteiger partial charge in [-0.15, -0.1) is 11.6 Å². The summed E-state index contributed by atoms with van der Waals surface area (Å²) in [6.45, 7) is 0.819. The maximum Gasteiger partial charge on any atom is 0.270 e. The summed E-state index contributed by atoms with van der Waals surface area (Å²) in [7, 11) is 0. The molecule has 1 aromatic rings. The molecule has 0 spiro atoms. The van der Waals surface area contributed by atoms with Gasteiger partial charge < -0.3 is 5.32 Å². The minimum absolute atomic E-state index is 0.0913. The van der Waals surface area contributed by atoms with Crippen LogP contribution in [-0.2, 0) is 10.7 Å². The third-order valence-electron chi connectivity index (χ3n) is 1.80. The predicted octanol–water partition coefficient (Wildman–Crippen LogP) is 2.98. The lowest BCUT2D eigenvalue weighted by atomic mass is 10.1. The van der Waals surface area contributed by atoms with Crippen molar-refractivity contribution < 1.29 is 13.6 Å². The van der Waals surface area contributed by atoms with Crippen molar-refractivity contribution in [3.05, 3.63) is 29.8 Å². The van der Waals surface area contributed by atoms with E-state index in [2.05, 4.69) is 5.32 Å². The Labute approximate surface area is 91.2 Å². The van der Waals surface area contributed by atoms with E-state index in [1.807, 2.05) is 0 Å². The topological polar surface area (TPSA) is 29.1 Å². The van der Waals surface area contributed by atoms with Crippen LogP contribution in [-0.4, -0.2) is 11.8 Å². The summed E-state index contributed by atoms with van der Waals surface area (Å²) < 4.78 is 25.6. The second-order valence-electron chi connectivity index (χ2n) is 3.15. The number of anilines is 1. The van der Waals surface area contributed by atoms with Gasteiger partial charge in [-0.05, 0) is 12.1 Å². The van der Waals surface area contributed by atoms with Gasteiger partial charge in [-0.2, -0.15) is 0 Å². The number of amides is 1. The maximum absolute atomic E-state index is 12.8. The highest BCUT2D eigenvalue weighted by atomic mass is 35.5. The Hall–Kier alpha value is -1.16. The monoisotopic (exact) mass is 233 g/mol. The highest BCUT2D eigenvalue weighted by Gasteiger charge is 2.23. The van der Waals surface area contributed by atoms with Crippen LogP contribution in [0.5, 0.6) is 0 Å². The Bertz CT molecular complexity index is 345. The number of rotatable bonds is 3. The molecule has 2 nitrogen and oxygen atoms in total. The Morgan fingerprint density at radius 1 is 1.40 bits per heavy atom. The second kappa shape index (κ2) is 4.57.